The fourth-order valence-corrected chi connectivity index (χ4v) is 1.12. The summed E-state index contributed by atoms with van der Waals surface area (Å²) in [5.74, 6) is 0.875. The minimum atomic E-state index is 0.0101. The van der Waals surface area contributed by atoms with E-state index in [1.165, 1.54) is 0 Å². The quantitative estimate of drug-likeness (QED) is 0.583. The molecule has 74 valence electrons. The van der Waals surface area contributed by atoms with Gasteiger partial charge in [-0.25, -0.2) is 5.43 Å². The lowest BCUT2D eigenvalue weighted by molar-refractivity contribution is -0.122. The van der Waals surface area contributed by atoms with Gasteiger partial charge >= 0.3 is 0 Å². The van der Waals surface area contributed by atoms with Crippen molar-refractivity contribution in [3.63, 3.8) is 0 Å². The van der Waals surface area contributed by atoms with E-state index in [-0.39, 0.29) is 11.8 Å². The van der Waals surface area contributed by atoms with Gasteiger partial charge in [-0.15, -0.1) is 0 Å². The first kappa shape index (κ1) is 8.99. The molecule has 0 unspecified atom stereocenters. The van der Waals surface area contributed by atoms with Gasteiger partial charge in [0.15, 0.2) is 0 Å². The van der Waals surface area contributed by atoms with Crippen LogP contribution in [0.25, 0.3) is 0 Å². The van der Waals surface area contributed by atoms with Crippen molar-refractivity contribution in [1.29, 1.82) is 0 Å². The molecule has 14 heavy (non-hydrogen) atoms. The standard InChI is InChI=1S/C10H12N2O2/c1-7(9-3-2-6-14-9)11-12-10(13)8-4-5-8/h2-3,6,8H,4-5H2,1H3,(H,12,13). The van der Waals surface area contributed by atoms with Crippen molar-refractivity contribution in [3.8, 4) is 0 Å². The Bertz CT molecular complexity index is 350. The van der Waals surface area contributed by atoms with Crippen molar-refractivity contribution < 1.29 is 9.21 Å². The second-order valence-corrected chi connectivity index (χ2v) is 3.42. The molecule has 2 rings (SSSR count). The van der Waals surface area contributed by atoms with Crippen LogP contribution in [0.1, 0.15) is 25.5 Å². The average molecular weight is 192 g/mol. The number of hydrogen-bond acceptors (Lipinski definition) is 3. The molecule has 0 radical (unpaired) electrons. The first-order valence-corrected chi connectivity index (χ1v) is 4.65. The van der Waals surface area contributed by atoms with Crippen molar-refractivity contribution in [2.45, 2.75) is 19.8 Å². The summed E-state index contributed by atoms with van der Waals surface area (Å²) in [6, 6.07) is 3.60. The highest BCUT2D eigenvalue weighted by Gasteiger charge is 2.29. The van der Waals surface area contributed by atoms with Crippen molar-refractivity contribution in [1.82, 2.24) is 5.43 Å². The maximum Gasteiger partial charge on any atom is 0.243 e. The summed E-state index contributed by atoms with van der Waals surface area (Å²) in [5, 5.41) is 3.95. The molecule has 1 amide bonds. The van der Waals surface area contributed by atoms with Crippen LogP contribution in [0, 0.1) is 5.92 Å². The summed E-state index contributed by atoms with van der Waals surface area (Å²) in [6.45, 7) is 1.80. The monoisotopic (exact) mass is 192 g/mol. The molecule has 0 spiro atoms. The Kier molecular flexibility index (Phi) is 2.35. The van der Waals surface area contributed by atoms with Gasteiger partial charge in [-0.2, -0.15) is 5.10 Å². The molecule has 1 saturated carbocycles. The summed E-state index contributed by atoms with van der Waals surface area (Å²) >= 11 is 0. The largest absolute Gasteiger partial charge is 0.463 e. The molecule has 1 aromatic heterocycles. The van der Waals surface area contributed by atoms with Gasteiger partial charge in [-0.05, 0) is 31.9 Å². The average Bonchev–Trinajstić information content (AvgIpc) is 2.90. The summed E-state index contributed by atoms with van der Waals surface area (Å²) in [4.78, 5) is 11.2. The van der Waals surface area contributed by atoms with Crippen LogP contribution in [0.2, 0.25) is 0 Å². The maximum atomic E-state index is 11.2. The van der Waals surface area contributed by atoms with Gasteiger partial charge in [-0.3, -0.25) is 4.79 Å². The van der Waals surface area contributed by atoms with Crippen LogP contribution in [0.15, 0.2) is 27.9 Å². The van der Waals surface area contributed by atoms with Crippen LogP contribution in [-0.4, -0.2) is 11.6 Å². The molecule has 1 aromatic rings. The van der Waals surface area contributed by atoms with Gasteiger partial charge in [-0.1, -0.05) is 0 Å². The number of nitrogens with zero attached hydrogens (tertiary/aromatic N) is 1. The Morgan fingerprint density at radius 1 is 1.64 bits per heavy atom. The van der Waals surface area contributed by atoms with Gasteiger partial charge in [0.05, 0.1) is 6.26 Å². The van der Waals surface area contributed by atoms with Crippen LogP contribution >= 0.6 is 0 Å². The van der Waals surface area contributed by atoms with Gasteiger partial charge < -0.3 is 4.42 Å². The number of hydrazone groups is 1. The Labute approximate surface area is 82.0 Å². The third-order valence-corrected chi connectivity index (χ3v) is 2.16. The summed E-state index contributed by atoms with van der Waals surface area (Å²) < 4.78 is 5.12. The Morgan fingerprint density at radius 3 is 3.00 bits per heavy atom. The van der Waals surface area contributed by atoms with Crippen LogP contribution in [0.5, 0.6) is 0 Å². The molecule has 0 bridgehead atoms. The zero-order chi connectivity index (χ0) is 9.97. The molecule has 1 heterocycles. The SMILES string of the molecule is CC(=NNC(=O)C1CC1)c1ccco1. The van der Waals surface area contributed by atoms with Crippen molar-refractivity contribution in [2.75, 3.05) is 0 Å². The minimum absolute atomic E-state index is 0.0101. The Morgan fingerprint density at radius 2 is 2.43 bits per heavy atom. The molecule has 4 heteroatoms. The van der Waals surface area contributed by atoms with Crippen LogP contribution < -0.4 is 5.43 Å². The highest BCUT2D eigenvalue weighted by Crippen LogP contribution is 2.28. The summed E-state index contributed by atoms with van der Waals surface area (Å²) in [7, 11) is 0. The third-order valence-electron chi connectivity index (χ3n) is 2.16. The van der Waals surface area contributed by atoms with Crippen LogP contribution in [0.3, 0.4) is 0 Å². The highest BCUT2D eigenvalue weighted by atomic mass is 16.3. The molecule has 1 aliphatic carbocycles. The molecular formula is C10H12N2O2. The molecule has 0 aliphatic heterocycles. The number of amides is 1. The molecule has 0 saturated heterocycles. The number of nitrogens with one attached hydrogen (secondary N) is 1. The third kappa shape index (κ3) is 2.02. The van der Waals surface area contributed by atoms with E-state index in [4.69, 9.17) is 4.42 Å². The molecule has 1 N–H and O–H groups in total. The smallest absolute Gasteiger partial charge is 0.243 e. The minimum Gasteiger partial charge on any atom is -0.463 e. The van der Waals surface area contributed by atoms with E-state index in [2.05, 4.69) is 10.5 Å². The predicted molar refractivity (Wildman–Crippen MR) is 51.8 cm³/mol. The van der Waals surface area contributed by atoms with E-state index in [1.54, 1.807) is 19.3 Å². The topological polar surface area (TPSA) is 54.6 Å². The molecule has 1 fully saturated rings. The van der Waals surface area contributed by atoms with E-state index < -0.39 is 0 Å². The Balaban J connectivity index is 1.93. The fourth-order valence-electron chi connectivity index (χ4n) is 1.12. The number of carbonyl (C=O) groups excluding carboxylic acids is 1. The van der Waals surface area contributed by atoms with E-state index in [9.17, 15) is 4.79 Å². The number of hydrogen-bond donors (Lipinski definition) is 1. The lowest BCUT2D eigenvalue weighted by Gasteiger charge is -1.98. The van der Waals surface area contributed by atoms with Crippen molar-refractivity contribution >= 4 is 11.6 Å². The van der Waals surface area contributed by atoms with Gasteiger partial charge in [0.1, 0.15) is 11.5 Å². The maximum absolute atomic E-state index is 11.2. The van der Waals surface area contributed by atoms with E-state index in [0.29, 0.717) is 11.5 Å². The second kappa shape index (κ2) is 3.65. The van der Waals surface area contributed by atoms with Gasteiger partial charge in [0.25, 0.3) is 0 Å². The molecule has 1 aliphatic rings. The van der Waals surface area contributed by atoms with Crippen molar-refractivity contribution in [3.05, 3.63) is 24.2 Å². The van der Waals surface area contributed by atoms with Crippen LogP contribution in [0.4, 0.5) is 0 Å². The van der Waals surface area contributed by atoms with E-state index in [1.807, 2.05) is 6.07 Å². The first-order chi connectivity index (χ1) is 6.77. The number of furan rings is 1. The molecular weight excluding hydrogens is 180 g/mol. The van der Waals surface area contributed by atoms with Crippen molar-refractivity contribution in [2.24, 2.45) is 11.0 Å². The Hall–Kier alpha value is -1.58. The zero-order valence-electron chi connectivity index (χ0n) is 7.99. The second-order valence-electron chi connectivity index (χ2n) is 3.42. The number of rotatable bonds is 3. The van der Waals surface area contributed by atoms with E-state index in [0.717, 1.165) is 12.8 Å². The molecule has 0 aromatic carbocycles. The van der Waals surface area contributed by atoms with Gasteiger partial charge in [0.2, 0.25) is 5.91 Å². The number of carbonyl (C=O) groups is 1. The highest BCUT2D eigenvalue weighted by molar-refractivity contribution is 5.96. The van der Waals surface area contributed by atoms with Gasteiger partial charge in [0, 0.05) is 5.92 Å². The zero-order valence-corrected chi connectivity index (χ0v) is 7.99. The summed E-state index contributed by atoms with van der Waals surface area (Å²) in [6.07, 6.45) is 3.55. The predicted octanol–water partition coefficient (Wildman–Crippen LogP) is 1.53. The summed E-state index contributed by atoms with van der Waals surface area (Å²) in [5.41, 5.74) is 3.21. The van der Waals surface area contributed by atoms with Crippen LogP contribution in [-0.2, 0) is 4.79 Å². The fraction of sp³-hybridized carbons (Fsp3) is 0.400. The van der Waals surface area contributed by atoms with E-state index >= 15 is 0 Å². The first-order valence-electron chi connectivity index (χ1n) is 4.65. The normalized spacial score (nSPS) is 16.8. The molecule has 0 atom stereocenters. The lowest BCUT2D eigenvalue weighted by atomic mass is 10.3. The molecule has 4 nitrogen and oxygen atoms in total. The lowest BCUT2D eigenvalue weighted by Crippen LogP contribution is -2.20.